The molecule has 2 fully saturated rings. The van der Waals surface area contributed by atoms with E-state index in [0.29, 0.717) is 25.4 Å². The third-order valence-corrected chi connectivity index (χ3v) is 5.50. The van der Waals surface area contributed by atoms with Crippen molar-refractivity contribution >= 4 is 29.0 Å². The number of hydrogen-bond acceptors (Lipinski definition) is 5. The number of anilines is 3. The average molecular weight is 394 g/mol. The minimum absolute atomic E-state index is 0.0183. The van der Waals surface area contributed by atoms with Crippen molar-refractivity contribution in [1.29, 1.82) is 0 Å². The SMILES string of the molecule is CCc1ccc(N2CC(C(=O)Nc3ccc(N4CCOCC4)nc3)CC2=O)cc1. The van der Waals surface area contributed by atoms with Gasteiger partial charge in [-0.3, -0.25) is 9.59 Å². The number of carbonyl (C=O) groups is 2. The van der Waals surface area contributed by atoms with Crippen LogP contribution in [0, 0.1) is 5.92 Å². The van der Waals surface area contributed by atoms with Crippen molar-refractivity contribution in [3.8, 4) is 0 Å². The highest BCUT2D eigenvalue weighted by Gasteiger charge is 2.35. The number of nitrogens with one attached hydrogen (secondary N) is 1. The van der Waals surface area contributed by atoms with E-state index in [9.17, 15) is 9.59 Å². The van der Waals surface area contributed by atoms with Gasteiger partial charge < -0.3 is 19.9 Å². The van der Waals surface area contributed by atoms with Crippen LogP contribution in [-0.2, 0) is 20.7 Å². The molecule has 2 aliphatic rings. The second kappa shape index (κ2) is 8.61. The van der Waals surface area contributed by atoms with Crippen LogP contribution in [0.4, 0.5) is 17.2 Å². The summed E-state index contributed by atoms with van der Waals surface area (Å²) >= 11 is 0. The third-order valence-electron chi connectivity index (χ3n) is 5.50. The zero-order chi connectivity index (χ0) is 20.2. The molecule has 4 rings (SSSR count). The summed E-state index contributed by atoms with van der Waals surface area (Å²) in [6.07, 6.45) is 2.85. The smallest absolute Gasteiger partial charge is 0.229 e. The summed E-state index contributed by atoms with van der Waals surface area (Å²) in [7, 11) is 0. The molecule has 0 saturated carbocycles. The zero-order valence-electron chi connectivity index (χ0n) is 16.6. The molecule has 0 radical (unpaired) electrons. The van der Waals surface area contributed by atoms with Gasteiger partial charge in [0.25, 0.3) is 0 Å². The standard InChI is InChI=1S/C22H26N4O3/c1-2-16-3-6-19(7-4-16)26-15-17(13-21(26)27)22(28)24-18-5-8-20(23-14-18)25-9-11-29-12-10-25/h3-8,14,17H,2,9-13,15H2,1H3,(H,24,28). The highest BCUT2D eigenvalue weighted by molar-refractivity contribution is 6.03. The van der Waals surface area contributed by atoms with Crippen LogP contribution in [-0.4, -0.2) is 49.6 Å². The fourth-order valence-corrected chi connectivity index (χ4v) is 3.73. The van der Waals surface area contributed by atoms with Gasteiger partial charge in [-0.1, -0.05) is 19.1 Å². The van der Waals surface area contributed by atoms with Crippen molar-refractivity contribution < 1.29 is 14.3 Å². The molecule has 0 bridgehead atoms. The molecule has 1 N–H and O–H groups in total. The first-order valence-corrected chi connectivity index (χ1v) is 10.1. The number of nitrogens with zero attached hydrogens (tertiary/aromatic N) is 3. The minimum atomic E-state index is -0.368. The lowest BCUT2D eigenvalue weighted by Crippen LogP contribution is -2.36. The molecular weight excluding hydrogens is 368 g/mol. The first-order valence-electron chi connectivity index (χ1n) is 10.1. The number of aryl methyl sites for hydroxylation is 1. The van der Waals surface area contributed by atoms with Gasteiger partial charge >= 0.3 is 0 Å². The van der Waals surface area contributed by atoms with Gasteiger partial charge in [0.1, 0.15) is 5.82 Å². The fourth-order valence-electron chi connectivity index (χ4n) is 3.73. The summed E-state index contributed by atoms with van der Waals surface area (Å²) in [5.74, 6) is 0.346. The van der Waals surface area contributed by atoms with Crippen LogP contribution in [0.3, 0.4) is 0 Å². The maximum atomic E-state index is 12.7. The Kier molecular flexibility index (Phi) is 5.76. The number of ether oxygens (including phenoxy) is 1. The van der Waals surface area contributed by atoms with E-state index in [0.717, 1.165) is 31.0 Å². The molecule has 1 aromatic carbocycles. The van der Waals surface area contributed by atoms with Gasteiger partial charge in [-0.05, 0) is 36.2 Å². The molecule has 2 saturated heterocycles. The first kappa shape index (κ1) is 19.4. The summed E-state index contributed by atoms with van der Waals surface area (Å²) in [4.78, 5) is 33.4. The van der Waals surface area contributed by atoms with Crippen LogP contribution >= 0.6 is 0 Å². The van der Waals surface area contributed by atoms with Crippen molar-refractivity contribution in [1.82, 2.24) is 4.98 Å². The van der Waals surface area contributed by atoms with Crippen LogP contribution in [0.5, 0.6) is 0 Å². The van der Waals surface area contributed by atoms with E-state index in [2.05, 4.69) is 22.1 Å². The monoisotopic (exact) mass is 394 g/mol. The molecular formula is C22H26N4O3. The topological polar surface area (TPSA) is 74.8 Å². The second-order valence-corrected chi connectivity index (χ2v) is 7.42. The Labute approximate surface area is 170 Å². The van der Waals surface area contributed by atoms with E-state index < -0.39 is 0 Å². The predicted molar refractivity (Wildman–Crippen MR) is 112 cm³/mol. The molecule has 0 spiro atoms. The molecule has 29 heavy (non-hydrogen) atoms. The molecule has 7 heteroatoms. The van der Waals surface area contributed by atoms with Crippen LogP contribution in [0.25, 0.3) is 0 Å². The van der Waals surface area contributed by atoms with Crippen molar-refractivity contribution in [2.24, 2.45) is 5.92 Å². The normalized spacial score (nSPS) is 19.5. The fraction of sp³-hybridized carbons (Fsp3) is 0.409. The molecule has 7 nitrogen and oxygen atoms in total. The lowest BCUT2D eigenvalue weighted by molar-refractivity contribution is -0.122. The van der Waals surface area contributed by atoms with Crippen LogP contribution in [0.15, 0.2) is 42.6 Å². The van der Waals surface area contributed by atoms with Gasteiger partial charge in [-0.15, -0.1) is 0 Å². The summed E-state index contributed by atoms with van der Waals surface area (Å²) in [6.45, 7) is 5.53. The van der Waals surface area contributed by atoms with Gasteiger partial charge in [-0.25, -0.2) is 4.98 Å². The Hall–Kier alpha value is -2.93. The molecule has 1 unspecified atom stereocenters. The molecule has 0 aliphatic carbocycles. The summed E-state index contributed by atoms with van der Waals surface area (Å²) in [5, 5.41) is 2.90. The van der Waals surface area contributed by atoms with Gasteiger partial charge in [-0.2, -0.15) is 0 Å². The molecule has 152 valence electrons. The molecule has 1 aromatic heterocycles. The molecule has 3 heterocycles. The Morgan fingerprint density at radius 2 is 1.93 bits per heavy atom. The maximum absolute atomic E-state index is 12.7. The van der Waals surface area contributed by atoms with E-state index in [1.807, 2.05) is 36.4 Å². The molecule has 2 aromatic rings. The number of pyridine rings is 1. The first-order chi connectivity index (χ1) is 14.1. The molecule has 2 amide bonds. The van der Waals surface area contributed by atoms with Crippen molar-refractivity contribution in [2.45, 2.75) is 19.8 Å². The van der Waals surface area contributed by atoms with E-state index in [4.69, 9.17) is 4.74 Å². The highest BCUT2D eigenvalue weighted by atomic mass is 16.5. The summed E-state index contributed by atoms with van der Waals surface area (Å²) in [6, 6.07) is 11.7. The van der Waals surface area contributed by atoms with Gasteiger partial charge in [0.05, 0.1) is 31.0 Å². The summed E-state index contributed by atoms with van der Waals surface area (Å²) in [5.41, 5.74) is 2.71. The summed E-state index contributed by atoms with van der Waals surface area (Å²) < 4.78 is 5.36. The minimum Gasteiger partial charge on any atom is -0.378 e. The Bertz CT molecular complexity index is 861. The number of benzene rings is 1. The van der Waals surface area contributed by atoms with Crippen molar-refractivity contribution in [2.75, 3.05) is 48.0 Å². The quantitative estimate of drug-likeness (QED) is 0.843. The maximum Gasteiger partial charge on any atom is 0.229 e. The van der Waals surface area contributed by atoms with Crippen LogP contribution in [0.1, 0.15) is 18.9 Å². The van der Waals surface area contributed by atoms with Crippen LogP contribution in [0.2, 0.25) is 0 Å². The zero-order valence-corrected chi connectivity index (χ0v) is 16.6. The number of aromatic nitrogens is 1. The van der Waals surface area contributed by atoms with Gasteiger partial charge in [0, 0.05) is 31.7 Å². The van der Waals surface area contributed by atoms with Crippen molar-refractivity contribution in [3.05, 3.63) is 48.2 Å². The molecule has 2 aliphatic heterocycles. The number of morpholine rings is 1. The van der Waals surface area contributed by atoms with E-state index >= 15 is 0 Å². The lowest BCUT2D eigenvalue weighted by Gasteiger charge is -2.27. The van der Waals surface area contributed by atoms with E-state index in [1.165, 1.54) is 5.56 Å². The Morgan fingerprint density at radius 1 is 1.17 bits per heavy atom. The predicted octanol–water partition coefficient (Wildman–Crippen LogP) is 2.47. The number of rotatable bonds is 5. The second-order valence-electron chi connectivity index (χ2n) is 7.42. The average Bonchev–Trinajstić information content (AvgIpc) is 3.17. The lowest BCUT2D eigenvalue weighted by atomic mass is 10.1. The Balaban J connectivity index is 1.36. The van der Waals surface area contributed by atoms with Crippen molar-refractivity contribution in [3.63, 3.8) is 0 Å². The number of carbonyl (C=O) groups excluding carboxylic acids is 2. The number of amides is 2. The third kappa shape index (κ3) is 4.40. The number of hydrogen-bond donors (Lipinski definition) is 1. The van der Waals surface area contributed by atoms with E-state index in [-0.39, 0.29) is 24.2 Å². The largest absolute Gasteiger partial charge is 0.378 e. The van der Waals surface area contributed by atoms with Gasteiger partial charge in [0.2, 0.25) is 11.8 Å². The molecule has 1 atom stereocenters. The van der Waals surface area contributed by atoms with Crippen LogP contribution < -0.4 is 15.1 Å². The van der Waals surface area contributed by atoms with E-state index in [1.54, 1.807) is 11.1 Å². The van der Waals surface area contributed by atoms with Gasteiger partial charge in [0.15, 0.2) is 0 Å². The Morgan fingerprint density at radius 3 is 2.59 bits per heavy atom. The highest BCUT2D eigenvalue weighted by Crippen LogP contribution is 2.26.